The van der Waals surface area contributed by atoms with Gasteiger partial charge in [-0.1, -0.05) is 17.7 Å². The molecule has 0 aliphatic carbocycles. The van der Waals surface area contributed by atoms with Crippen molar-refractivity contribution in [3.63, 3.8) is 0 Å². The third-order valence-corrected chi connectivity index (χ3v) is 3.74. The maximum atomic E-state index is 12.2. The molecule has 8 heteroatoms. The molecule has 0 unspecified atom stereocenters. The second-order valence-corrected chi connectivity index (χ2v) is 6.02. The fraction of sp³-hybridized carbons (Fsp3) is 0.105. The van der Waals surface area contributed by atoms with Gasteiger partial charge in [0.15, 0.2) is 16.6 Å². The van der Waals surface area contributed by atoms with E-state index in [9.17, 15) is 4.79 Å². The number of hydrogen-bond donors (Lipinski definition) is 2. The summed E-state index contributed by atoms with van der Waals surface area (Å²) >= 11 is 10.9. The number of carbonyl (C=O) groups excluding carboxylic acids is 1. The highest BCUT2D eigenvalue weighted by Gasteiger charge is 2.12. The molecule has 2 aromatic rings. The molecule has 0 saturated heterocycles. The predicted molar refractivity (Wildman–Crippen MR) is 111 cm³/mol. The normalized spacial score (nSPS) is 10.3. The fourth-order valence-electron chi connectivity index (χ4n) is 1.96. The summed E-state index contributed by atoms with van der Waals surface area (Å²) in [5.74, 6) is 0.186. The molecule has 0 atom stereocenters. The van der Waals surface area contributed by atoms with Crippen LogP contribution < -0.4 is 20.2 Å². The number of thiocarbonyl (C=S) groups is 1. The molecule has 140 valence electrons. The van der Waals surface area contributed by atoms with Crippen molar-refractivity contribution in [1.29, 1.82) is 0 Å². The fourth-order valence-corrected chi connectivity index (χ4v) is 2.23. The molecule has 6 nitrogen and oxygen atoms in total. The zero-order valence-corrected chi connectivity index (χ0v) is 16.1. The Kier molecular flexibility index (Phi) is 7.79. The summed E-state index contributed by atoms with van der Waals surface area (Å²) in [5.41, 5.74) is 3.80. The molecule has 27 heavy (non-hydrogen) atoms. The number of carbonyl (C=O) groups is 1. The summed E-state index contributed by atoms with van der Waals surface area (Å²) in [4.78, 5) is 12.2. The molecule has 2 N–H and O–H groups in total. The molecule has 0 aliphatic heterocycles. The Bertz CT molecular complexity index is 854. The van der Waals surface area contributed by atoms with Crippen LogP contribution in [0, 0.1) is 0 Å². The monoisotopic (exact) mass is 403 g/mol. The van der Waals surface area contributed by atoms with Crippen LogP contribution in [0.3, 0.4) is 0 Å². The highest BCUT2D eigenvalue weighted by atomic mass is 35.5. The van der Waals surface area contributed by atoms with Crippen LogP contribution in [0.15, 0.2) is 60.2 Å². The van der Waals surface area contributed by atoms with E-state index < -0.39 is 5.97 Å². The van der Waals surface area contributed by atoms with Gasteiger partial charge in [0.25, 0.3) is 0 Å². The molecule has 0 amide bonds. The summed E-state index contributed by atoms with van der Waals surface area (Å²) in [6, 6.07) is 11.5. The van der Waals surface area contributed by atoms with E-state index >= 15 is 0 Å². The molecule has 0 bridgehead atoms. The van der Waals surface area contributed by atoms with E-state index in [1.54, 1.807) is 54.8 Å². The summed E-state index contributed by atoms with van der Waals surface area (Å²) in [6.45, 7) is 4.13. The first-order chi connectivity index (χ1) is 13.0. The lowest BCUT2D eigenvalue weighted by atomic mass is 10.2. The van der Waals surface area contributed by atoms with E-state index in [-0.39, 0.29) is 0 Å². The average molecular weight is 404 g/mol. The number of hydrogen-bond acceptors (Lipinski definition) is 5. The average Bonchev–Trinajstić information content (AvgIpc) is 2.67. The second-order valence-electron chi connectivity index (χ2n) is 5.18. The first kappa shape index (κ1) is 20.4. The Balaban J connectivity index is 2.04. The Morgan fingerprint density at radius 3 is 2.67 bits per heavy atom. The third-order valence-electron chi connectivity index (χ3n) is 3.26. The van der Waals surface area contributed by atoms with Crippen LogP contribution in [0.1, 0.15) is 15.9 Å². The maximum absolute atomic E-state index is 12.2. The SMILES string of the molecule is C=CCNC(=S)NN=Cc1ccc(OC(=O)c2ccc(Cl)cc2)c(OC)c1. The quantitative estimate of drug-likeness (QED) is 0.184. The van der Waals surface area contributed by atoms with E-state index in [2.05, 4.69) is 22.4 Å². The van der Waals surface area contributed by atoms with Crippen molar-refractivity contribution in [2.75, 3.05) is 13.7 Å². The van der Waals surface area contributed by atoms with Crippen LogP contribution in [0.25, 0.3) is 0 Å². The Morgan fingerprint density at radius 2 is 2.00 bits per heavy atom. The zero-order valence-electron chi connectivity index (χ0n) is 14.6. The van der Waals surface area contributed by atoms with Crippen molar-refractivity contribution in [3.05, 3.63) is 71.3 Å². The van der Waals surface area contributed by atoms with Gasteiger partial charge in [-0.3, -0.25) is 5.43 Å². The lowest BCUT2D eigenvalue weighted by Gasteiger charge is -2.10. The number of esters is 1. The van der Waals surface area contributed by atoms with Gasteiger partial charge in [0.05, 0.1) is 18.9 Å². The summed E-state index contributed by atoms with van der Waals surface area (Å²) in [6.07, 6.45) is 3.25. The minimum absolute atomic E-state index is 0.297. The molecule has 0 heterocycles. The van der Waals surface area contributed by atoms with Crippen molar-refractivity contribution >= 4 is 41.1 Å². The van der Waals surface area contributed by atoms with Crippen molar-refractivity contribution in [2.45, 2.75) is 0 Å². The van der Waals surface area contributed by atoms with Gasteiger partial charge in [-0.05, 0) is 60.2 Å². The van der Waals surface area contributed by atoms with Crippen molar-refractivity contribution in [3.8, 4) is 11.5 Å². The molecule has 0 aliphatic rings. The molecule has 2 aromatic carbocycles. The Labute approximate surface area is 167 Å². The van der Waals surface area contributed by atoms with Crippen molar-refractivity contribution in [2.24, 2.45) is 5.10 Å². The number of halogens is 1. The van der Waals surface area contributed by atoms with Crippen molar-refractivity contribution < 1.29 is 14.3 Å². The van der Waals surface area contributed by atoms with Crippen LogP contribution in [0.4, 0.5) is 0 Å². The number of ether oxygens (including phenoxy) is 2. The number of benzene rings is 2. The van der Waals surface area contributed by atoms with Crippen LogP contribution in [-0.4, -0.2) is 31.0 Å². The van der Waals surface area contributed by atoms with E-state index in [1.807, 2.05) is 0 Å². The topological polar surface area (TPSA) is 72.0 Å². The van der Waals surface area contributed by atoms with Gasteiger partial charge in [-0.25, -0.2) is 4.79 Å². The lowest BCUT2D eigenvalue weighted by Crippen LogP contribution is -2.31. The van der Waals surface area contributed by atoms with Gasteiger partial charge in [0.2, 0.25) is 0 Å². The molecule has 0 fully saturated rings. The Hall–Kier alpha value is -2.90. The minimum Gasteiger partial charge on any atom is -0.493 e. The van der Waals surface area contributed by atoms with Crippen molar-refractivity contribution in [1.82, 2.24) is 10.7 Å². The summed E-state index contributed by atoms with van der Waals surface area (Å²) in [7, 11) is 1.49. The van der Waals surface area contributed by atoms with Gasteiger partial charge < -0.3 is 14.8 Å². The number of hydrazone groups is 1. The first-order valence-electron chi connectivity index (χ1n) is 7.87. The van der Waals surface area contributed by atoms with Gasteiger partial charge >= 0.3 is 5.97 Å². The molecular weight excluding hydrogens is 386 g/mol. The first-order valence-corrected chi connectivity index (χ1v) is 8.65. The van der Waals surface area contributed by atoms with E-state index in [0.717, 1.165) is 5.56 Å². The van der Waals surface area contributed by atoms with E-state index in [1.165, 1.54) is 7.11 Å². The number of nitrogens with one attached hydrogen (secondary N) is 2. The van der Waals surface area contributed by atoms with Crippen LogP contribution in [0.5, 0.6) is 11.5 Å². The van der Waals surface area contributed by atoms with Gasteiger partial charge in [-0.2, -0.15) is 5.10 Å². The standard InChI is InChI=1S/C19H18ClN3O3S/c1-3-10-21-19(27)23-22-12-13-4-9-16(17(11-13)25-2)26-18(24)14-5-7-15(20)8-6-14/h3-9,11-12H,1,10H2,2H3,(H2,21,23,27). The summed E-state index contributed by atoms with van der Waals surface area (Å²) < 4.78 is 10.7. The molecular formula is C19H18ClN3O3S. The third kappa shape index (κ3) is 6.40. The lowest BCUT2D eigenvalue weighted by molar-refractivity contribution is 0.0729. The molecule has 2 rings (SSSR count). The number of methoxy groups -OCH3 is 1. The molecule has 0 spiro atoms. The molecule has 0 radical (unpaired) electrons. The van der Waals surface area contributed by atoms with Crippen LogP contribution in [0.2, 0.25) is 5.02 Å². The van der Waals surface area contributed by atoms with Crippen LogP contribution >= 0.6 is 23.8 Å². The summed E-state index contributed by atoms with van der Waals surface area (Å²) in [5, 5.41) is 7.84. The zero-order chi connectivity index (χ0) is 19.6. The van der Waals surface area contributed by atoms with E-state index in [0.29, 0.717) is 33.7 Å². The largest absolute Gasteiger partial charge is 0.493 e. The van der Waals surface area contributed by atoms with E-state index in [4.69, 9.17) is 33.3 Å². The highest BCUT2D eigenvalue weighted by Crippen LogP contribution is 2.28. The van der Waals surface area contributed by atoms with Gasteiger partial charge in [-0.15, -0.1) is 6.58 Å². The maximum Gasteiger partial charge on any atom is 0.343 e. The Morgan fingerprint density at radius 1 is 1.26 bits per heavy atom. The van der Waals surface area contributed by atoms with Gasteiger partial charge in [0, 0.05) is 11.6 Å². The minimum atomic E-state index is -0.508. The second kappa shape index (κ2) is 10.3. The molecule has 0 aromatic heterocycles. The predicted octanol–water partition coefficient (Wildman–Crippen LogP) is 3.55. The highest BCUT2D eigenvalue weighted by molar-refractivity contribution is 7.80. The van der Waals surface area contributed by atoms with Gasteiger partial charge in [0.1, 0.15) is 0 Å². The smallest absolute Gasteiger partial charge is 0.343 e. The molecule has 0 saturated carbocycles. The van der Waals surface area contributed by atoms with Crippen LogP contribution in [-0.2, 0) is 0 Å². The number of rotatable bonds is 7. The number of nitrogens with zero attached hydrogens (tertiary/aromatic N) is 1.